The quantitative estimate of drug-likeness (QED) is 0.847. The highest BCUT2D eigenvalue weighted by Crippen LogP contribution is 2.12. The van der Waals surface area contributed by atoms with Gasteiger partial charge in [0.15, 0.2) is 0 Å². The van der Waals surface area contributed by atoms with E-state index >= 15 is 0 Å². The Morgan fingerprint density at radius 2 is 2.11 bits per heavy atom. The van der Waals surface area contributed by atoms with Crippen LogP contribution < -0.4 is 10.6 Å². The van der Waals surface area contributed by atoms with Gasteiger partial charge >= 0.3 is 0 Å². The van der Waals surface area contributed by atoms with E-state index in [2.05, 4.69) is 27.5 Å². The number of nitrogens with one attached hydrogen (secondary N) is 2. The van der Waals surface area contributed by atoms with Crippen LogP contribution in [-0.4, -0.2) is 16.5 Å². The van der Waals surface area contributed by atoms with E-state index in [0.717, 1.165) is 29.4 Å². The fourth-order valence-electron chi connectivity index (χ4n) is 1.62. The van der Waals surface area contributed by atoms with Crippen LogP contribution in [0.4, 0.5) is 11.8 Å². The van der Waals surface area contributed by atoms with E-state index < -0.39 is 0 Å². The second kappa shape index (κ2) is 6.95. The molecule has 4 nitrogen and oxygen atoms in total. The molecule has 1 aromatic heterocycles. The summed E-state index contributed by atoms with van der Waals surface area (Å²) in [5, 5.41) is 7.16. The molecule has 5 heteroatoms. The average Bonchev–Trinajstić information content (AvgIpc) is 2.43. The summed E-state index contributed by atoms with van der Waals surface area (Å²) in [6.45, 7) is 3.66. The normalized spacial score (nSPS) is 10.2. The Labute approximate surface area is 118 Å². The molecule has 2 rings (SSSR count). The fraction of sp³-hybridized carbons (Fsp3) is 0.286. The zero-order valence-electron chi connectivity index (χ0n) is 10.9. The molecule has 0 saturated carbocycles. The molecule has 0 saturated heterocycles. The van der Waals surface area contributed by atoms with Crippen molar-refractivity contribution >= 4 is 23.4 Å². The van der Waals surface area contributed by atoms with Gasteiger partial charge in [0, 0.05) is 24.3 Å². The third kappa shape index (κ3) is 4.41. The Kier molecular flexibility index (Phi) is 4.98. The minimum Gasteiger partial charge on any atom is -0.366 e. The highest BCUT2D eigenvalue weighted by molar-refractivity contribution is 6.30. The van der Waals surface area contributed by atoms with Gasteiger partial charge in [-0.25, -0.2) is 4.98 Å². The van der Waals surface area contributed by atoms with E-state index in [-0.39, 0.29) is 0 Å². The highest BCUT2D eigenvalue weighted by atomic mass is 35.5. The molecule has 0 bridgehead atoms. The molecule has 0 radical (unpaired) electrons. The first kappa shape index (κ1) is 13.6. The van der Waals surface area contributed by atoms with Gasteiger partial charge in [0.2, 0.25) is 5.95 Å². The van der Waals surface area contributed by atoms with Crippen LogP contribution in [0.15, 0.2) is 36.5 Å². The van der Waals surface area contributed by atoms with Crippen molar-refractivity contribution < 1.29 is 0 Å². The van der Waals surface area contributed by atoms with Crippen LogP contribution in [0, 0.1) is 0 Å². The number of benzene rings is 1. The predicted molar refractivity (Wildman–Crippen MR) is 79.6 cm³/mol. The van der Waals surface area contributed by atoms with Crippen molar-refractivity contribution in [3.63, 3.8) is 0 Å². The van der Waals surface area contributed by atoms with Gasteiger partial charge in [-0.1, -0.05) is 30.7 Å². The summed E-state index contributed by atoms with van der Waals surface area (Å²) in [7, 11) is 0. The lowest BCUT2D eigenvalue weighted by molar-refractivity contribution is 0.950. The minimum absolute atomic E-state index is 0.651. The van der Waals surface area contributed by atoms with Crippen molar-refractivity contribution in [2.45, 2.75) is 19.9 Å². The maximum Gasteiger partial charge on any atom is 0.224 e. The van der Waals surface area contributed by atoms with Crippen LogP contribution in [0.1, 0.15) is 18.9 Å². The van der Waals surface area contributed by atoms with Crippen LogP contribution in [-0.2, 0) is 6.54 Å². The Morgan fingerprint density at radius 1 is 1.21 bits per heavy atom. The molecular formula is C14H17ClN4. The van der Waals surface area contributed by atoms with Crippen LogP contribution in [0.3, 0.4) is 0 Å². The maximum absolute atomic E-state index is 5.95. The second-order valence-corrected chi connectivity index (χ2v) is 4.61. The molecule has 0 aliphatic carbocycles. The topological polar surface area (TPSA) is 49.8 Å². The minimum atomic E-state index is 0.651. The number of anilines is 2. The van der Waals surface area contributed by atoms with Gasteiger partial charge in [0.1, 0.15) is 5.82 Å². The molecule has 19 heavy (non-hydrogen) atoms. The summed E-state index contributed by atoms with van der Waals surface area (Å²) in [6, 6.07) is 9.61. The molecule has 0 aliphatic heterocycles. The fourth-order valence-corrected chi connectivity index (χ4v) is 1.83. The van der Waals surface area contributed by atoms with E-state index in [4.69, 9.17) is 11.6 Å². The monoisotopic (exact) mass is 276 g/mol. The average molecular weight is 277 g/mol. The summed E-state index contributed by atoms with van der Waals surface area (Å²) >= 11 is 5.95. The van der Waals surface area contributed by atoms with Gasteiger partial charge in [0.05, 0.1) is 0 Å². The zero-order chi connectivity index (χ0) is 13.5. The predicted octanol–water partition coefficient (Wildman–Crippen LogP) is 3.56. The van der Waals surface area contributed by atoms with Crippen molar-refractivity contribution in [2.24, 2.45) is 0 Å². The van der Waals surface area contributed by atoms with Gasteiger partial charge in [-0.05, 0) is 30.2 Å². The molecule has 0 amide bonds. The molecule has 0 fully saturated rings. The van der Waals surface area contributed by atoms with Crippen LogP contribution in [0.2, 0.25) is 5.02 Å². The second-order valence-electron chi connectivity index (χ2n) is 4.18. The van der Waals surface area contributed by atoms with Gasteiger partial charge in [-0.2, -0.15) is 4.98 Å². The van der Waals surface area contributed by atoms with Crippen LogP contribution in [0.5, 0.6) is 0 Å². The molecule has 2 aromatic rings. The van der Waals surface area contributed by atoms with E-state index in [1.165, 1.54) is 0 Å². The lowest BCUT2D eigenvalue weighted by Gasteiger charge is -2.08. The van der Waals surface area contributed by atoms with Gasteiger partial charge in [-0.15, -0.1) is 0 Å². The van der Waals surface area contributed by atoms with Crippen molar-refractivity contribution in [1.29, 1.82) is 0 Å². The smallest absolute Gasteiger partial charge is 0.224 e. The zero-order valence-corrected chi connectivity index (χ0v) is 11.6. The summed E-state index contributed by atoms with van der Waals surface area (Å²) in [4.78, 5) is 8.54. The third-order valence-electron chi connectivity index (χ3n) is 2.55. The number of halogens is 1. The molecule has 1 aromatic carbocycles. The van der Waals surface area contributed by atoms with E-state index in [1.54, 1.807) is 6.20 Å². The Balaban J connectivity index is 1.95. The summed E-state index contributed by atoms with van der Waals surface area (Å²) in [6.07, 6.45) is 2.79. The number of aromatic nitrogens is 2. The molecule has 0 spiro atoms. The van der Waals surface area contributed by atoms with Gasteiger partial charge < -0.3 is 10.6 Å². The number of rotatable bonds is 6. The number of nitrogens with zero attached hydrogens (tertiary/aromatic N) is 2. The highest BCUT2D eigenvalue weighted by Gasteiger charge is 1.99. The summed E-state index contributed by atoms with van der Waals surface area (Å²) < 4.78 is 0. The van der Waals surface area contributed by atoms with Crippen molar-refractivity contribution in [3.8, 4) is 0 Å². The maximum atomic E-state index is 5.95. The molecule has 100 valence electrons. The first-order valence-electron chi connectivity index (χ1n) is 6.33. The molecule has 0 unspecified atom stereocenters. The number of hydrogen-bond donors (Lipinski definition) is 2. The van der Waals surface area contributed by atoms with E-state index in [0.29, 0.717) is 12.5 Å². The van der Waals surface area contributed by atoms with E-state index in [9.17, 15) is 0 Å². The summed E-state index contributed by atoms with van der Waals surface area (Å²) in [5.74, 6) is 1.45. The Morgan fingerprint density at radius 3 is 2.89 bits per heavy atom. The largest absolute Gasteiger partial charge is 0.366 e. The van der Waals surface area contributed by atoms with Crippen molar-refractivity contribution in [3.05, 3.63) is 47.1 Å². The Hall–Kier alpha value is -1.81. The molecular weight excluding hydrogens is 260 g/mol. The SMILES string of the molecule is CCCNc1nccc(NCc2cccc(Cl)c2)n1. The van der Waals surface area contributed by atoms with Gasteiger partial charge in [0.25, 0.3) is 0 Å². The number of hydrogen-bond acceptors (Lipinski definition) is 4. The molecule has 0 aliphatic rings. The molecule has 0 atom stereocenters. The van der Waals surface area contributed by atoms with Crippen molar-refractivity contribution in [2.75, 3.05) is 17.2 Å². The van der Waals surface area contributed by atoms with Crippen LogP contribution in [0.25, 0.3) is 0 Å². The van der Waals surface area contributed by atoms with E-state index in [1.807, 2.05) is 30.3 Å². The first-order chi connectivity index (χ1) is 9.28. The standard InChI is InChI=1S/C14H17ClN4/c1-2-7-16-14-17-8-6-13(19-14)18-10-11-4-3-5-12(15)9-11/h3-6,8-9H,2,7,10H2,1H3,(H2,16,17,18,19). The van der Waals surface area contributed by atoms with Crippen molar-refractivity contribution in [1.82, 2.24) is 9.97 Å². The van der Waals surface area contributed by atoms with Crippen LogP contribution >= 0.6 is 11.6 Å². The summed E-state index contributed by atoms with van der Waals surface area (Å²) in [5.41, 5.74) is 1.12. The Bertz CT molecular complexity index is 530. The lowest BCUT2D eigenvalue weighted by atomic mass is 10.2. The van der Waals surface area contributed by atoms with Gasteiger partial charge in [-0.3, -0.25) is 0 Å². The third-order valence-corrected chi connectivity index (χ3v) is 2.79. The lowest BCUT2D eigenvalue weighted by Crippen LogP contribution is -2.07. The first-order valence-corrected chi connectivity index (χ1v) is 6.71. The molecule has 2 N–H and O–H groups in total. The molecule has 1 heterocycles.